The number of piperidine rings is 1. The normalized spacial score (nSPS) is 24.6. The van der Waals surface area contributed by atoms with Crippen molar-refractivity contribution in [3.8, 4) is 0 Å². The van der Waals surface area contributed by atoms with Crippen molar-refractivity contribution >= 4 is 50.7 Å². The fraction of sp³-hybridized carbons (Fsp3) is 0.500. The number of thiazole rings is 1. The summed E-state index contributed by atoms with van der Waals surface area (Å²) in [6.45, 7) is 1.56. The minimum absolute atomic E-state index is 0.118. The van der Waals surface area contributed by atoms with E-state index in [-0.39, 0.29) is 11.8 Å². The molecule has 4 rings (SSSR count). The van der Waals surface area contributed by atoms with Crippen LogP contribution in [0.4, 0.5) is 0 Å². The first kappa shape index (κ1) is 14.7. The molecule has 1 atom stereocenters. The number of likely N-dealkylation sites (tertiary alicyclic amines) is 1. The van der Waals surface area contributed by atoms with Gasteiger partial charge in [-0.2, -0.15) is 0 Å². The predicted octanol–water partition coefficient (Wildman–Crippen LogP) is 4.20. The molecule has 0 N–H and O–H groups in total. The zero-order chi connectivity index (χ0) is 15.3. The largest absolute Gasteiger partial charge is 0.342 e. The lowest BCUT2D eigenvalue weighted by Crippen LogP contribution is -2.39. The van der Waals surface area contributed by atoms with Gasteiger partial charge in [0.15, 0.2) is 0 Å². The van der Waals surface area contributed by atoms with Gasteiger partial charge in [0.05, 0.1) is 21.1 Å². The number of hydrogen-bond donors (Lipinski definition) is 0. The number of nitrogens with zero attached hydrogens (tertiary/aromatic N) is 2. The third kappa shape index (κ3) is 2.61. The molecule has 2 heterocycles. The molecule has 2 aliphatic rings. The van der Waals surface area contributed by atoms with Gasteiger partial charge in [-0.25, -0.2) is 4.98 Å². The highest BCUT2D eigenvalue weighted by Gasteiger charge is 2.57. The highest BCUT2D eigenvalue weighted by atomic mass is 35.5. The maximum Gasteiger partial charge on any atom is 0.228 e. The maximum absolute atomic E-state index is 12.3. The topological polar surface area (TPSA) is 33.2 Å². The van der Waals surface area contributed by atoms with E-state index in [0.717, 1.165) is 31.4 Å². The van der Waals surface area contributed by atoms with Crippen molar-refractivity contribution in [3.63, 3.8) is 0 Å². The van der Waals surface area contributed by atoms with Crippen LogP contribution in [0.25, 0.3) is 10.2 Å². The minimum Gasteiger partial charge on any atom is -0.342 e. The second kappa shape index (κ2) is 5.36. The number of rotatable bonds is 2. The Morgan fingerprint density at radius 3 is 2.59 bits per heavy atom. The van der Waals surface area contributed by atoms with Gasteiger partial charge in [-0.1, -0.05) is 12.1 Å². The first-order valence-corrected chi connectivity index (χ1v) is 9.14. The minimum atomic E-state index is -0.818. The first-order chi connectivity index (χ1) is 10.5. The van der Waals surface area contributed by atoms with Gasteiger partial charge in [-0.3, -0.25) is 4.79 Å². The summed E-state index contributed by atoms with van der Waals surface area (Å²) < 4.78 is 0.420. The number of carbonyl (C=O) groups is 1. The van der Waals surface area contributed by atoms with Crippen molar-refractivity contribution in [3.05, 3.63) is 29.3 Å². The van der Waals surface area contributed by atoms with Gasteiger partial charge in [0, 0.05) is 19.0 Å². The van der Waals surface area contributed by atoms with Gasteiger partial charge in [-0.05, 0) is 31.4 Å². The summed E-state index contributed by atoms with van der Waals surface area (Å²) in [4.78, 5) is 19.0. The summed E-state index contributed by atoms with van der Waals surface area (Å²) in [6.07, 6.45) is 2.53. The Bertz CT molecular complexity index is 689. The van der Waals surface area contributed by atoms with Crippen LogP contribution in [0.3, 0.4) is 0 Å². The molecule has 1 aliphatic carbocycles. The van der Waals surface area contributed by atoms with E-state index in [0.29, 0.717) is 12.3 Å². The molecule has 2 aromatic rings. The van der Waals surface area contributed by atoms with Crippen molar-refractivity contribution in [2.45, 2.75) is 29.5 Å². The molecule has 2 fully saturated rings. The third-order valence-electron chi connectivity index (χ3n) is 4.59. The number of hydrogen-bond acceptors (Lipinski definition) is 3. The third-order valence-corrected chi connectivity index (χ3v) is 6.62. The van der Waals surface area contributed by atoms with E-state index in [1.807, 2.05) is 17.0 Å². The van der Waals surface area contributed by atoms with Crippen molar-refractivity contribution in [2.75, 3.05) is 13.1 Å². The van der Waals surface area contributed by atoms with Crippen LogP contribution in [-0.2, 0) is 4.79 Å². The molecule has 116 valence electrons. The molecule has 1 aromatic heterocycles. The van der Waals surface area contributed by atoms with Crippen molar-refractivity contribution < 1.29 is 4.79 Å². The quantitative estimate of drug-likeness (QED) is 0.757. The lowest BCUT2D eigenvalue weighted by Gasteiger charge is -2.31. The van der Waals surface area contributed by atoms with Crippen LogP contribution >= 0.6 is 34.5 Å². The molecule has 1 amide bonds. The lowest BCUT2D eigenvalue weighted by atomic mass is 9.97. The standard InChI is InChI=1S/C16H16Cl2N2OS/c17-16(18)9-11(16)15(21)20-7-5-10(6-8-20)14-19-12-3-1-2-4-13(12)22-14/h1-4,10-11H,5-9H2/t11-/m1/s1. The number of benzene rings is 1. The average Bonchev–Trinajstić information content (AvgIpc) is 2.98. The summed E-state index contributed by atoms with van der Waals surface area (Å²) >= 11 is 13.8. The van der Waals surface area contributed by atoms with E-state index in [1.54, 1.807) is 11.3 Å². The molecule has 1 saturated carbocycles. The molecular formula is C16H16Cl2N2OS. The van der Waals surface area contributed by atoms with Crippen LogP contribution in [0.15, 0.2) is 24.3 Å². The number of alkyl halides is 2. The first-order valence-electron chi connectivity index (χ1n) is 7.57. The van der Waals surface area contributed by atoms with Gasteiger partial charge in [-0.15, -0.1) is 34.5 Å². The molecule has 22 heavy (non-hydrogen) atoms. The van der Waals surface area contributed by atoms with E-state index in [9.17, 15) is 4.79 Å². The van der Waals surface area contributed by atoms with E-state index >= 15 is 0 Å². The molecule has 3 nitrogen and oxygen atoms in total. The molecule has 0 unspecified atom stereocenters. The van der Waals surface area contributed by atoms with Gasteiger partial charge in [0.25, 0.3) is 0 Å². The fourth-order valence-corrected chi connectivity index (χ4v) is 4.74. The highest BCUT2D eigenvalue weighted by Crippen LogP contribution is 2.54. The fourth-order valence-electron chi connectivity index (χ4n) is 3.11. The van der Waals surface area contributed by atoms with Crippen LogP contribution < -0.4 is 0 Å². The van der Waals surface area contributed by atoms with Gasteiger partial charge in [0.1, 0.15) is 4.33 Å². The number of carbonyl (C=O) groups excluding carboxylic acids is 1. The Kier molecular flexibility index (Phi) is 3.59. The Morgan fingerprint density at radius 1 is 1.27 bits per heavy atom. The van der Waals surface area contributed by atoms with E-state index in [2.05, 4.69) is 12.1 Å². The van der Waals surface area contributed by atoms with Gasteiger partial charge in [0.2, 0.25) is 5.91 Å². The van der Waals surface area contributed by atoms with Crippen molar-refractivity contribution in [1.29, 1.82) is 0 Å². The van der Waals surface area contributed by atoms with Crippen LogP contribution in [-0.4, -0.2) is 33.2 Å². The van der Waals surface area contributed by atoms with Gasteiger partial charge >= 0.3 is 0 Å². The Morgan fingerprint density at radius 2 is 1.95 bits per heavy atom. The maximum atomic E-state index is 12.3. The van der Waals surface area contributed by atoms with Crippen molar-refractivity contribution in [2.24, 2.45) is 5.92 Å². The predicted molar refractivity (Wildman–Crippen MR) is 90.7 cm³/mol. The molecule has 1 saturated heterocycles. The van der Waals surface area contributed by atoms with Crippen molar-refractivity contribution in [1.82, 2.24) is 9.88 Å². The lowest BCUT2D eigenvalue weighted by molar-refractivity contribution is -0.133. The SMILES string of the molecule is O=C([C@H]1CC1(Cl)Cl)N1CCC(c2nc3ccccc3s2)CC1. The summed E-state index contributed by atoms with van der Waals surface area (Å²) in [5.74, 6) is 0.375. The van der Waals surface area contributed by atoms with E-state index < -0.39 is 4.33 Å². The summed E-state index contributed by atoms with van der Waals surface area (Å²) in [5.41, 5.74) is 1.08. The van der Waals surface area contributed by atoms with E-state index in [1.165, 1.54) is 9.71 Å². The Balaban J connectivity index is 1.42. The Labute approximate surface area is 143 Å². The molecule has 6 heteroatoms. The Hall–Kier alpha value is -0.840. The number of amides is 1. The molecule has 1 aliphatic heterocycles. The molecule has 0 radical (unpaired) electrons. The summed E-state index contributed by atoms with van der Waals surface area (Å²) in [6, 6.07) is 8.24. The average molecular weight is 355 g/mol. The summed E-state index contributed by atoms with van der Waals surface area (Å²) in [5, 5.41) is 1.20. The molecular weight excluding hydrogens is 339 g/mol. The number of fused-ring (bicyclic) bond motifs is 1. The van der Waals surface area contributed by atoms with Crippen LogP contribution in [0.2, 0.25) is 0 Å². The van der Waals surface area contributed by atoms with E-state index in [4.69, 9.17) is 28.2 Å². The zero-order valence-corrected chi connectivity index (χ0v) is 14.3. The summed E-state index contributed by atoms with van der Waals surface area (Å²) in [7, 11) is 0. The monoisotopic (exact) mass is 354 g/mol. The second-order valence-corrected chi connectivity index (χ2v) is 8.74. The highest BCUT2D eigenvalue weighted by molar-refractivity contribution is 7.18. The number of halogens is 2. The molecule has 0 spiro atoms. The molecule has 0 bridgehead atoms. The number of para-hydroxylation sites is 1. The van der Waals surface area contributed by atoms with Crippen LogP contribution in [0.1, 0.15) is 30.2 Å². The van der Waals surface area contributed by atoms with Gasteiger partial charge < -0.3 is 4.90 Å². The van der Waals surface area contributed by atoms with Crippen LogP contribution in [0.5, 0.6) is 0 Å². The smallest absolute Gasteiger partial charge is 0.228 e. The number of aromatic nitrogens is 1. The second-order valence-electron chi connectivity index (χ2n) is 6.14. The zero-order valence-electron chi connectivity index (χ0n) is 12.0. The van der Waals surface area contributed by atoms with Crippen LogP contribution in [0, 0.1) is 5.92 Å². The molecule has 1 aromatic carbocycles.